The van der Waals surface area contributed by atoms with E-state index in [4.69, 9.17) is 11.2 Å². The van der Waals surface area contributed by atoms with Crippen LogP contribution in [0.4, 0.5) is 0 Å². The number of terminal acetylenes is 1. The first kappa shape index (κ1) is 15.8. The Morgan fingerprint density at radius 1 is 1.26 bits per heavy atom. The van der Waals surface area contributed by atoms with Gasteiger partial charge in [0.05, 0.1) is 25.8 Å². The van der Waals surface area contributed by atoms with Gasteiger partial charge in [-0.1, -0.05) is 31.6 Å². The summed E-state index contributed by atoms with van der Waals surface area (Å²) in [7, 11) is 0. The highest BCUT2D eigenvalue weighted by Gasteiger charge is 2.11. The summed E-state index contributed by atoms with van der Waals surface area (Å²) in [4.78, 5) is 4.43. The van der Waals surface area contributed by atoms with E-state index in [9.17, 15) is 0 Å². The second kappa shape index (κ2) is 10.7. The van der Waals surface area contributed by atoms with Crippen molar-refractivity contribution in [1.29, 1.82) is 0 Å². The molecule has 0 aromatic carbocycles. The van der Waals surface area contributed by atoms with Gasteiger partial charge in [-0.15, -0.1) is 6.42 Å². The molecule has 0 amide bonds. The number of rotatable bonds is 6. The van der Waals surface area contributed by atoms with Gasteiger partial charge in [-0.25, -0.2) is 0 Å². The van der Waals surface area contributed by atoms with Crippen molar-refractivity contribution in [2.45, 2.75) is 51.6 Å². The Bertz CT molecular complexity index is 288. The molecule has 0 bridgehead atoms. The van der Waals surface area contributed by atoms with Crippen LogP contribution in [0.25, 0.3) is 0 Å². The van der Waals surface area contributed by atoms with Gasteiger partial charge in [-0.05, 0) is 19.8 Å². The van der Waals surface area contributed by atoms with Gasteiger partial charge >= 0.3 is 0 Å². The average Bonchev–Trinajstić information content (AvgIpc) is 2.69. The molecule has 0 atom stereocenters. The van der Waals surface area contributed by atoms with E-state index in [1.807, 2.05) is 6.92 Å². The molecule has 4 nitrogen and oxygen atoms in total. The van der Waals surface area contributed by atoms with E-state index in [1.54, 1.807) is 0 Å². The first-order valence-corrected chi connectivity index (χ1v) is 7.44. The Morgan fingerprint density at radius 2 is 2.00 bits per heavy atom. The zero-order valence-electron chi connectivity index (χ0n) is 12.1. The standard InChI is InChI=1S/C15H27N3O/c1-3-11-17-15(16-4-2)18-12-13-19-14-9-7-5-6-8-10-14/h1,14H,4-13H2,2H3,(H2,16,17,18). The van der Waals surface area contributed by atoms with Crippen molar-refractivity contribution < 1.29 is 4.74 Å². The minimum absolute atomic E-state index is 0.443. The fourth-order valence-electron chi connectivity index (χ4n) is 2.26. The minimum atomic E-state index is 0.443. The highest BCUT2D eigenvalue weighted by molar-refractivity contribution is 5.79. The number of nitrogens with zero attached hydrogens (tertiary/aromatic N) is 1. The highest BCUT2D eigenvalue weighted by Crippen LogP contribution is 2.19. The number of nitrogens with one attached hydrogen (secondary N) is 2. The van der Waals surface area contributed by atoms with Crippen molar-refractivity contribution in [2.75, 3.05) is 26.2 Å². The van der Waals surface area contributed by atoms with Gasteiger partial charge in [0.25, 0.3) is 0 Å². The number of ether oxygens (including phenoxy) is 1. The van der Waals surface area contributed by atoms with Crippen LogP contribution < -0.4 is 10.6 Å². The third kappa shape index (κ3) is 7.74. The lowest BCUT2D eigenvalue weighted by atomic mass is 10.1. The quantitative estimate of drug-likeness (QED) is 0.253. The summed E-state index contributed by atoms with van der Waals surface area (Å²) >= 11 is 0. The lowest BCUT2D eigenvalue weighted by molar-refractivity contribution is 0.0487. The Labute approximate surface area is 117 Å². The number of hydrogen-bond acceptors (Lipinski definition) is 2. The molecule has 0 radical (unpaired) electrons. The normalized spacial score (nSPS) is 17.6. The summed E-state index contributed by atoms with van der Waals surface area (Å²) in [6.07, 6.45) is 13.4. The van der Waals surface area contributed by atoms with E-state index in [0.29, 0.717) is 25.8 Å². The van der Waals surface area contributed by atoms with Crippen LogP contribution in [0.15, 0.2) is 4.99 Å². The molecule has 0 spiro atoms. The molecule has 108 valence electrons. The number of guanidine groups is 1. The van der Waals surface area contributed by atoms with E-state index in [0.717, 1.165) is 12.5 Å². The number of aliphatic imine (C=N–C) groups is 1. The van der Waals surface area contributed by atoms with Crippen LogP contribution in [-0.4, -0.2) is 38.3 Å². The van der Waals surface area contributed by atoms with Gasteiger partial charge in [0.15, 0.2) is 5.96 Å². The largest absolute Gasteiger partial charge is 0.376 e. The fraction of sp³-hybridized carbons (Fsp3) is 0.800. The third-order valence-corrected chi connectivity index (χ3v) is 3.22. The zero-order chi connectivity index (χ0) is 13.8. The van der Waals surface area contributed by atoms with E-state index in [1.165, 1.54) is 38.5 Å². The first-order valence-electron chi connectivity index (χ1n) is 7.44. The zero-order valence-corrected chi connectivity index (χ0v) is 12.1. The second-order valence-electron chi connectivity index (χ2n) is 4.80. The monoisotopic (exact) mass is 265 g/mol. The van der Waals surface area contributed by atoms with Crippen LogP contribution in [-0.2, 0) is 4.74 Å². The summed E-state index contributed by atoms with van der Waals surface area (Å²) in [5.74, 6) is 3.31. The van der Waals surface area contributed by atoms with Crippen molar-refractivity contribution in [3.8, 4) is 12.3 Å². The molecule has 1 rings (SSSR count). The Balaban J connectivity index is 2.19. The van der Waals surface area contributed by atoms with E-state index >= 15 is 0 Å². The maximum Gasteiger partial charge on any atom is 0.192 e. The summed E-state index contributed by atoms with van der Waals surface area (Å²) in [6.45, 7) is 4.73. The van der Waals surface area contributed by atoms with Gasteiger partial charge < -0.3 is 15.4 Å². The average molecular weight is 265 g/mol. The molecule has 4 heteroatoms. The number of hydrogen-bond donors (Lipinski definition) is 2. The van der Waals surface area contributed by atoms with E-state index < -0.39 is 0 Å². The van der Waals surface area contributed by atoms with Gasteiger partial charge in [0.1, 0.15) is 0 Å². The van der Waals surface area contributed by atoms with Crippen molar-refractivity contribution in [3.63, 3.8) is 0 Å². The molecule has 1 saturated carbocycles. The molecular weight excluding hydrogens is 238 g/mol. The molecular formula is C15H27N3O. The van der Waals surface area contributed by atoms with E-state index in [-0.39, 0.29) is 0 Å². The Hall–Kier alpha value is -1.21. The van der Waals surface area contributed by atoms with Crippen LogP contribution >= 0.6 is 0 Å². The molecule has 2 N–H and O–H groups in total. The predicted octanol–water partition coefficient (Wildman–Crippen LogP) is 1.91. The van der Waals surface area contributed by atoms with Crippen LogP contribution in [0.2, 0.25) is 0 Å². The molecule has 19 heavy (non-hydrogen) atoms. The predicted molar refractivity (Wildman–Crippen MR) is 80.3 cm³/mol. The van der Waals surface area contributed by atoms with Crippen molar-refractivity contribution in [1.82, 2.24) is 10.6 Å². The summed E-state index contributed by atoms with van der Waals surface area (Å²) in [5.41, 5.74) is 0. The fourth-order valence-corrected chi connectivity index (χ4v) is 2.26. The van der Waals surface area contributed by atoms with Crippen LogP contribution in [0.1, 0.15) is 45.4 Å². The van der Waals surface area contributed by atoms with Gasteiger partial charge in [0, 0.05) is 6.54 Å². The third-order valence-electron chi connectivity index (χ3n) is 3.22. The molecule has 0 aliphatic heterocycles. The van der Waals surface area contributed by atoms with E-state index in [2.05, 4.69) is 21.5 Å². The lowest BCUT2D eigenvalue weighted by Gasteiger charge is -2.15. The molecule has 1 aliphatic rings. The topological polar surface area (TPSA) is 45.7 Å². The van der Waals surface area contributed by atoms with Crippen molar-refractivity contribution in [3.05, 3.63) is 0 Å². The molecule has 0 unspecified atom stereocenters. The maximum atomic E-state index is 5.89. The summed E-state index contributed by atoms with van der Waals surface area (Å²) in [5, 5.41) is 6.22. The van der Waals surface area contributed by atoms with Crippen LogP contribution in [0.5, 0.6) is 0 Å². The Morgan fingerprint density at radius 3 is 2.63 bits per heavy atom. The van der Waals surface area contributed by atoms with Gasteiger partial charge in [0.2, 0.25) is 0 Å². The first-order chi connectivity index (χ1) is 9.36. The van der Waals surface area contributed by atoms with Gasteiger partial charge in [-0.3, -0.25) is 4.99 Å². The molecule has 1 fully saturated rings. The Kier molecular flexibility index (Phi) is 8.91. The molecule has 1 aliphatic carbocycles. The minimum Gasteiger partial charge on any atom is -0.376 e. The van der Waals surface area contributed by atoms with Crippen molar-refractivity contribution >= 4 is 5.96 Å². The lowest BCUT2D eigenvalue weighted by Crippen LogP contribution is -2.37. The highest BCUT2D eigenvalue weighted by atomic mass is 16.5. The maximum absolute atomic E-state index is 5.89. The van der Waals surface area contributed by atoms with Crippen LogP contribution in [0, 0.1) is 12.3 Å². The second-order valence-corrected chi connectivity index (χ2v) is 4.80. The smallest absolute Gasteiger partial charge is 0.192 e. The molecule has 0 heterocycles. The molecule has 0 saturated heterocycles. The van der Waals surface area contributed by atoms with Gasteiger partial charge in [-0.2, -0.15) is 0 Å². The molecule has 0 aromatic rings. The van der Waals surface area contributed by atoms with Crippen LogP contribution in [0.3, 0.4) is 0 Å². The molecule has 0 aromatic heterocycles. The van der Waals surface area contributed by atoms with Crippen molar-refractivity contribution in [2.24, 2.45) is 4.99 Å². The summed E-state index contributed by atoms with van der Waals surface area (Å²) in [6, 6.07) is 0. The SMILES string of the molecule is C#CCNC(=NCCOC1CCCCCC1)NCC. The summed E-state index contributed by atoms with van der Waals surface area (Å²) < 4.78 is 5.89.